The first-order valence-electron chi connectivity index (χ1n) is 5.58. The van der Waals surface area contributed by atoms with Gasteiger partial charge in [0.15, 0.2) is 0 Å². The van der Waals surface area contributed by atoms with Crippen LogP contribution in [0.4, 0.5) is 11.4 Å². The number of rotatable bonds is 4. The molecule has 104 valence electrons. The molecule has 0 heterocycles. The van der Waals surface area contributed by atoms with E-state index in [1.54, 1.807) is 18.2 Å². The van der Waals surface area contributed by atoms with Crippen molar-refractivity contribution in [1.29, 1.82) is 0 Å². The maximum atomic E-state index is 10.7. The lowest BCUT2D eigenvalue weighted by Gasteiger charge is -2.07. The molecule has 20 heavy (non-hydrogen) atoms. The van der Waals surface area contributed by atoms with Crippen molar-refractivity contribution >= 4 is 50.7 Å². The van der Waals surface area contributed by atoms with Gasteiger partial charge in [0.25, 0.3) is 5.69 Å². The minimum Gasteiger partial charge on any atom is -0.399 e. The van der Waals surface area contributed by atoms with E-state index in [-0.39, 0.29) is 5.69 Å². The summed E-state index contributed by atoms with van der Waals surface area (Å²) >= 11 is 11.0. The van der Waals surface area contributed by atoms with Gasteiger partial charge in [-0.15, -0.1) is 11.8 Å². The Morgan fingerprint density at radius 3 is 2.70 bits per heavy atom. The van der Waals surface area contributed by atoms with Crippen LogP contribution in [-0.4, -0.2) is 4.92 Å². The molecule has 0 bridgehead atoms. The molecular weight excluding hydrogens is 364 g/mol. The maximum absolute atomic E-state index is 10.7. The fourth-order valence-electron chi connectivity index (χ4n) is 1.55. The van der Waals surface area contributed by atoms with Crippen molar-refractivity contribution in [3.8, 4) is 0 Å². The van der Waals surface area contributed by atoms with Crippen LogP contribution in [0, 0.1) is 10.1 Å². The molecule has 2 rings (SSSR count). The van der Waals surface area contributed by atoms with Gasteiger partial charge >= 0.3 is 0 Å². The third kappa shape index (κ3) is 3.65. The van der Waals surface area contributed by atoms with Gasteiger partial charge < -0.3 is 5.73 Å². The highest BCUT2D eigenvalue weighted by Gasteiger charge is 2.10. The van der Waals surface area contributed by atoms with Crippen molar-refractivity contribution in [3.05, 3.63) is 61.6 Å². The minimum absolute atomic E-state index is 0.0626. The Balaban J connectivity index is 2.15. The van der Waals surface area contributed by atoms with Gasteiger partial charge in [0.1, 0.15) is 0 Å². The highest BCUT2D eigenvalue weighted by molar-refractivity contribution is 9.10. The second-order valence-corrected chi connectivity index (χ2v) is 6.29. The third-order valence-corrected chi connectivity index (χ3v) is 4.87. The van der Waals surface area contributed by atoms with Gasteiger partial charge in [-0.05, 0) is 23.8 Å². The van der Waals surface area contributed by atoms with Crippen LogP contribution in [0.1, 0.15) is 5.56 Å². The quantitative estimate of drug-likeness (QED) is 0.359. The number of thioether (sulfide) groups is 1. The molecule has 4 nitrogen and oxygen atoms in total. The zero-order valence-electron chi connectivity index (χ0n) is 10.2. The molecule has 0 unspecified atom stereocenters. The maximum Gasteiger partial charge on any atom is 0.270 e. The highest BCUT2D eigenvalue weighted by Crippen LogP contribution is 2.34. The Kier molecular flexibility index (Phi) is 4.91. The van der Waals surface area contributed by atoms with Crippen LogP contribution < -0.4 is 5.73 Å². The van der Waals surface area contributed by atoms with E-state index in [2.05, 4.69) is 15.9 Å². The highest BCUT2D eigenvalue weighted by atomic mass is 79.9. The Morgan fingerprint density at radius 1 is 1.30 bits per heavy atom. The molecule has 0 saturated carbocycles. The second-order valence-electron chi connectivity index (χ2n) is 4.01. The SMILES string of the molecule is Nc1ccc(Cl)c(SCc2ccc([N+](=O)[O-])cc2Br)c1. The molecule has 7 heteroatoms. The number of benzene rings is 2. The van der Waals surface area contributed by atoms with Gasteiger partial charge in [-0.1, -0.05) is 33.6 Å². The number of halogens is 2. The number of nitrogen functional groups attached to an aromatic ring is 1. The summed E-state index contributed by atoms with van der Waals surface area (Å²) in [5.41, 5.74) is 7.40. The lowest BCUT2D eigenvalue weighted by Crippen LogP contribution is -1.90. The predicted octanol–water partition coefficient (Wildman–Crippen LogP) is 4.89. The average molecular weight is 374 g/mol. The number of nitro groups is 1. The smallest absolute Gasteiger partial charge is 0.270 e. The van der Waals surface area contributed by atoms with E-state index in [1.165, 1.54) is 23.9 Å². The van der Waals surface area contributed by atoms with Crippen molar-refractivity contribution in [3.63, 3.8) is 0 Å². The second kappa shape index (κ2) is 6.47. The van der Waals surface area contributed by atoms with Gasteiger partial charge in [0.05, 0.1) is 9.95 Å². The average Bonchev–Trinajstić information content (AvgIpc) is 2.40. The fourth-order valence-corrected chi connectivity index (χ4v) is 3.51. The zero-order valence-corrected chi connectivity index (χ0v) is 13.3. The van der Waals surface area contributed by atoms with E-state index in [0.717, 1.165) is 10.5 Å². The van der Waals surface area contributed by atoms with Crippen molar-refractivity contribution in [2.75, 3.05) is 5.73 Å². The van der Waals surface area contributed by atoms with Gasteiger partial charge in [-0.3, -0.25) is 10.1 Å². The molecule has 2 aromatic carbocycles. The third-order valence-electron chi connectivity index (χ3n) is 2.59. The number of anilines is 1. The van der Waals surface area contributed by atoms with Crippen LogP contribution in [0.2, 0.25) is 5.02 Å². The molecule has 0 amide bonds. The summed E-state index contributed by atoms with van der Waals surface area (Å²) in [6.45, 7) is 0. The number of hydrogen-bond acceptors (Lipinski definition) is 4. The molecule has 0 aliphatic heterocycles. The van der Waals surface area contributed by atoms with Crippen LogP contribution in [-0.2, 0) is 5.75 Å². The van der Waals surface area contributed by atoms with Crippen molar-refractivity contribution in [1.82, 2.24) is 0 Å². The molecule has 0 aliphatic rings. The summed E-state index contributed by atoms with van der Waals surface area (Å²) < 4.78 is 0.708. The Bertz CT molecular complexity index is 667. The Labute approximate surface area is 133 Å². The normalized spacial score (nSPS) is 10.5. The van der Waals surface area contributed by atoms with Crippen LogP contribution in [0.25, 0.3) is 0 Å². The molecule has 0 saturated heterocycles. The number of nitrogens with zero attached hydrogens (tertiary/aromatic N) is 1. The zero-order chi connectivity index (χ0) is 14.7. The molecule has 0 atom stereocenters. The summed E-state index contributed by atoms with van der Waals surface area (Å²) in [5.74, 6) is 0.641. The molecule has 0 radical (unpaired) electrons. The molecular formula is C13H10BrClN2O2S. The Hall–Kier alpha value is -1.24. The molecule has 0 aliphatic carbocycles. The molecule has 2 N–H and O–H groups in total. The van der Waals surface area contributed by atoms with Crippen LogP contribution in [0.5, 0.6) is 0 Å². The van der Waals surface area contributed by atoms with Gasteiger partial charge in [-0.25, -0.2) is 0 Å². The van der Waals surface area contributed by atoms with Crippen LogP contribution in [0.15, 0.2) is 45.8 Å². The first kappa shape index (κ1) is 15.2. The Morgan fingerprint density at radius 2 is 2.05 bits per heavy atom. The molecule has 0 spiro atoms. The number of nitrogens with two attached hydrogens (primary N) is 1. The summed E-state index contributed by atoms with van der Waals surface area (Å²) in [6, 6.07) is 10.0. The molecule has 0 aromatic heterocycles. The summed E-state index contributed by atoms with van der Waals surface area (Å²) in [6.07, 6.45) is 0. The summed E-state index contributed by atoms with van der Waals surface area (Å²) in [4.78, 5) is 11.1. The number of nitro benzene ring substituents is 1. The van der Waals surface area contributed by atoms with Crippen molar-refractivity contribution < 1.29 is 4.92 Å². The minimum atomic E-state index is -0.420. The van der Waals surface area contributed by atoms with Gasteiger partial charge in [0, 0.05) is 32.9 Å². The van der Waals surface area contributed by atoms with Crippen molar-refractivity contribution in [2.45, 2.75) is 10.6 Å². The fraction of sp³-hybridized carbons (Fsp3) is 0.0769. The van der Waals surface area contributed by atoms with E-state index in [9.17, 15) is 10.1 Å². The predicted molar refractivity (Wildman–Crippen MR) is 86.2 cm³/mol. The first-order chi connectivity index (χ1) is 9.47. The van der Waals surface area contributed by atoms with Crippen LogP contribution >= 0.6 is 39.3 Å². The number of hydrogen-bond donors (Lipinski definition) is 1. The number of non-ortho nitro benzene ring substituents is 1. The standard InChI is InChI=1S/C13H10BrClN2O2S/c14-11-6-10(17(18)19)3-1-8(11)7-20-13-5-9(16)2-4-12(13)15/h1-6H,7,16H2. The van der Waals surface area contributed by atoms with Gasteiger partial charge in [-0.2, -0.15) is 0 Å². The lowest BCUT2D eigenvalue weighted by molar-refractivity contribution is -0.384. The summed E-state index contributed by atoms with van der Waals surface area (Å²) in [5, 5.41) is 11.3. The van der Waals surface area contributed by atoms with E-state index in [0.29, 0.717) is 20.9 Å². The monoisotopic (exact) mass is 372 g/mol. The van der Waals surface area contributed by atoms with Crippen molar-refractivity contribution in [2.24, 2.45) is 0 Å². The lowest BCUT2D eigenvalue weighted by atomic mass is 10.2. The topological polar surface area (TPSA) is 69.2 Å². The van der Waals surface area contributed by atoms with E-state index in [1.807, 2.05) is 6.07 Å². The first-order valence-corrected chi connectivity index (χ1v) is 7.73. The largest absolute Gasteiger partial charge is 0.399 e. The van der Waals surface area contributed by atoms with E-state index >= 15 is 0 Å². The van der Waals surface area contributed by atoms with E-state index < -0.39 is 4.92 Å². The van der Waals surface area contributed by atoms with Crippen LogP contribution in [0.3, 0.4) is 0 Å². The molecule has 0 fully saturated rings. The van der Waals surface area contributed by atoms with Gasteiger partial charge in [0.2, 0.25) is 0 Å². The summed E-state index contributed by atoms with van der Waals surface area (Å²) in [7, 11) is 0. The van der Waals surface area contributed by atoms with E-state index in [4.69, 9.17) is 17.3 Å². The molecule has 2 aromatic rings.